The molecule has 2 N–H and O–H groups in total. The average Bonchev–Trinajstić information content (AvgIpc) is 2.31. The van der Waals surface area contributed by atoms with Crippen LogP contribution in [-0.2, 0) is 0 Å². The highest BCUT2D eigenvalue weighted by Crippen LogP contribution is 2.35. The Labute approximate surface area is 123 Å². The van der Waals surface area contributed by atoms with E-state index in [1.807, 2.05) is 25.1 Å². The maximum Gasteiger partial charge on any atom is 0.134 e. The molecule has 2 aromatic rings. The van der Waals surface area contributed by atoms with Crippen LogP contribution in [0.3, 0.4) is 0 Å². The fourth-order valence-corrected chi connectivity index (χ4v) is 3.13. The second-order valence-corrected chi connectivity index (χ2v) is 5.90. The molecule has 0 saturated carbocycles. The van der Waals surface area contributed by atoms with Gasteiger partial charge >= 0.3 is 0 Å². The Hall–Kier alpha value is -0.650. The van der Waals surface area contributed by atoms with Crippen molar-refractivity contribution >= 4 is 48.5 Å². The van der Waals surface area contributed by atoms with Crippen molar-refractivity contribution in [3.8, 4) is 0 Å². The zero-order valence-electron chi connectivity index (χ0n) is 10.2. The highest BCUT2D eigenvalue weighted by molar-refractivity contribution is 9.11. The largest absolute Gasteiger partial charge is 0.392 e. The van der Waals surface area contributed by atoms with Gasteiger partial charge in [-0.2, -0.15) is 0 Å². The van der Waals surface area contributed by atoms with Crippen molar-refractivity contribution in [2.75, 3.05) is 11.9 Å². The maximum atomic E-state index is 9.36. The molecule has 3 nitrogen and oxygen atoms in total. The van der Waals surface area contributed by atoms with Crippen molar-refractivity contribution in [3.05, 3.63) is 32.8 Å². The zero-order valence-corrected chi connectivity index (χ0v) is 13.3. The first kappa shape index (κ1) is 13.8. The van der Waals surface area contributed by atoms with E-state index in [4.69, 9.17) is 0 Å². The molecule has 0 spiro atoms. The van der Waals surface area contributed by atoms with Gasteiger partial charge in [0.05, 0.1) is 11.8 Å². The van der Waals surface area contributed by atoms with Crippen LogP contribution in [0.1, 0.15) is 12.6 Å². The van der Waals surface area contributed by atoms with Gasteiger partial charge in [-0.25, -0.2) is 4.98 Å². The quantitative estimate of drug-likeness (QED) is 0.858. The summed E-state index contributed by atoms with van der Waals surface area (Å²) in [4.78, 5) is 4.52. The van der Waals surface area contributed by atoms with Gasteiger partial charge in [0.1, 0.15) is 5.82 Å². The number of nitrogens with zero attached hydrogens (tertiary/aromatic N) is 1. The van der Waals surface area contributed by atoms with Gasteiger partial charge in [0.25, 0.3) is 0 Å². The number of aromatic nitrogens is 1. The number of fused-ring (bicyclic) bond motifs is 1. The Morgan fingerprint density at radius 3 is 2.78 bits per heavy atom. The molecule has 0 radical (unpaired) electrons. The van der Waals surface area contributed by atoms with Gasteiger partial charge in [-0.1, -0.05) is 28.1 Å². The monoisotopic (exact) mass is 372 g/mol. The van der Waals surface area contributed by atoms with Gasteiger partial charge in [0.2, 0.25) is 0 Å². The van der Waals surface area contributed by atoms with Crippen molar-refractivity contribution in [1.29, 1.82) is 0 Å². The molecule has 1 heterocycles. The molecule has 18 heavy (non-hydrogen) atoms. The van der Waals surface area contributed by atoms with Gasteiger partial charge in [0, 0.05) is 26.3 Å². The first-order chi connectivity index (χ1) is 8.50. The number of aliphatic hydroxyl groups is 1. The third-order valence-electron chi connectivity index (χ3n) is 2.65. The van der Waals surface area contributed by atoms with Gasteiger partial charge < -0.3 is 10.4 Å². The number of halogens is 2. The Morgan fingerprint density at radius 1 is 1.39 bits per heavy atom. The summed E-state index contributed by atoms with van der Waals surface area (Å²) >= 11 is 7.14. The lowest BCUT2D eigenvalue weighted by Crippen LogP contribution is -2.16. The molecular weight excluding hydrogens is 360 g/mol. The summed E-state index contributed by atoms with van der Waals surface area (Å²) in [5.74, 6) is 0.799. The molecule has 0 aliphatic rings. The number of rotatable bonds is 3. The molecule has 2 rings (SSSR count). The maximum absolute atomic E-state index is 9.36. The molecule has 0 amide bonds. The molecule has 0 aliphatic carbocycles. The summed E-state index contributed by atoms with van der Waals surface area (Å²) in [5, 5.41) is 14.7. The minimum Gasteiger partial charge on any atom is -0.392 e. The number of nitrogens with one attached hydrogen (secondary N) is 1. The summed E-state index contributed by atoms with van der Waals surface area (Å²) < 4.78 is 2.02. The van der Waals surface area contributed by atoms with E-state index in [0.717, 1.165) is 31.2 Å². The van der Waals surface area contributed by atoms with Crippen LogP contribution in [0.15, 0.2) is 27.1 Å². The lowest BCUT2D eigenvalue weighted by molar-refractivity contribution is 0.208. The van der Waals surface area contributed by atoms with Crippen LogP contribution >= 0.6 is 31.9 Å². The summed E-state index contributed by atoms with van der Waals surface area (Å²) in [7, 11) is 0. The molecule has 0 bridgehead atoms. The van der Waals surface area contributed by atoms with Crippen molar-refractivity contribution in [1.82, 2.24) is 4.98 Å². The summed E-state index contributed by atoms with van der Waals surface area (Å²) in [6.07, 6.45) is -0.405. The number of hydrogen-bond donors (Lipinski definition) is 2. The number of anilines is 1. The number of hydrogen-bond acceptors (Lipinski definition) is 3. The summed E-state index contributed by atoms with van der Waals surface area (Å²) in [6.45, 7) is 4.18. The highest BCUT2D eigenvalue weighted by atomic mass is 79.9. The molecule has 1 unspecified atom stereocenters. The van der Waals surface area contributed by atoms with Crippen LogP contribution in [-0.4, -0.2) is 22.7 Å². The smallest absolute Gasteiger partial charge is 0.134 e. The minimum atomic E-state index is -0.405. The van der Waals surface area contributed by atoms with E-state index in [1.165, 1.54) is 0 Å². The number of aryl methyl sites for hydroxylation is 1. The number of benzene rings is 1. The molecule has 1 aromatic heterocycles. The van der Waals surface area contributed by atoms with Gasteiger partial charge in [-0.15, -0.1) is 0 Å². The Bertz CT molecular complexity index is 585. The first-order valence-corrected chi connectivity index (χ1v) is 7.25. The van der Waals surface area contributed by atoms with Gasteiger partial charge in [0.15, 0.2) is 0 Å². The standard InChI is InChI=1S/C13H14Br2N2O/c1-7(18)6-16-13-9-4-3-5-10(14)11(9)12(15)8(2)17-13/h3-5,7,18H,6H2,1-2H3,(H,16,17). The zero-order chi connectivity index (χ0) is 13.3. The van der Waals surface area contributed by atoms with E-state index >= 15 is 0 Å². The van der Waals surface area contributed by atoms with Crippen LogP contribution in [0.25, 0.3) is 10.8 Å². The predicted octanol–water partition coefficient (Wildman–Crippen LogP) is 3.86. The highest BCUT2D eigenvalue weighted by Gasteiger charge is 2.12. The van der Waals surface area contributed by atoms with Gasteiger partial charge in [-0.3, -0.25) is 0 Å². The van der Waals surface area contributed by atoms with Crippen molar-refractivity contribution in [3.63, 3.8) is 0 Å². The SMILES string of the molecule is Cc1nc(NCC(C)O)c2cccc(Br)c2c1Br. The molecule has 0 aliphatic heterocycles. The number of aliphatic hydroxyl groups excluding tert-OH is 1. The van der Waals surface area contributed by atoms with E-state index in [2.05, 4.69) is 42.2 Å². The molecule has 96 valence electrons. The molecule has 1 atom stereocenters. The predicted molar refractivity (Wildman–Crippen MR) is 82.1 cm³/mol. The van der Waals surface area contributed by atoms with E-state index in [0.29, 0.717) is 6.54 Å². The second-order valence-electron chi connectivity index (χ2n) is 4.25. The molecular formula is C13H14Br2N2O. The number of pyridine rings is 1. The van der Waals surface area contributed by atoms with Crippen LogP contribution in [0, 0.1) is 6.92 Å². The van der Waals surface area contributed by atoms with Crippen LogP contribution in [0.4, 0.5) is 5.82 Å². The summed E-state index contributed by atoms with van der Waals surface area (Å²) in [6, 6.07) is 6.00. The van der Waals surface area contributed by atoms with E-state index in [-0.39, 0.29) is 0 Å². The minimum absolute atomic E-state index is 0.405. The third kappa shape index (κ3) is 2.68. The van der Waals surface area contributed by atoms with Crippen molar-refractivity contribution < 1.29 is 5.11 Å². The van der Waals surface area contributed by atoms with E-state index in [9.17, 15) is 5.11 Å². The average molecular weight is 374 g/mol. The van der Waals surface area contributed by atoms with E-state index in [1.54, 1.807) is 6.92 Å². The Kier molecular flexibility index (Phi) is 4.25. The van der Waals surface area contributed by atoms with Crippen LogP contribution in [0.5, 0.6) is 0 Å². The summed E-state index contributed by atoms with van der Waals surface area (Å²) in [5.41, 5.74) is 0.919. The molecule has 1 aromatic carbocycles. The van der Waals surface area contributed by atoms with Crippen molar-refractivity contribution in [2.45, 2.75) is 20.0 Å². The fourth-order valence-electron chi connectivity index (χ4n) is 1.78. The lowest BCUT2D eigenvalue weighted by Gasteiger charge is -2.14. The van der Waals surface area contributed by atoms with Crippen LogP contribution < -0.4 is 5.32 Å². The molecule has 0 fully saturated rings. The molecule has 5 heteroatoms. The fraction of sp³-hybridized carbons (Fsp3) is 0.308. The Morgan fingerprint density at radius 2 is 2.11 bits per heavy atom. The first-order valence-electron chi connectivity index (χ1n) is 5.67. The van der Waals surface area contributed by atoms with E-state index < -0.39 is 6.10 Å². The van der Waals surface area contributed by atoms with Crippen LogP contribution in [0.2, 0.25) is 0 Å². The van der Waals surface area contributed by atoms with Gasteiger partial charge in [-0.05, 0) is 35.8 Å². The third-order valence-corrected chi connectivity index (χ3v) is 4.28. The lowest BCUT2D eigenvalue weighted by atomic mass is 10.1. The Balaban J connectivity index is 2.60. The second kappa shape index (κ2) is 5.55. The molecule has 0 saturated heterocycles. The van der Waals surface area contributed by atoms with Crippen molar-refractivity contribution in [2.24, 2.45) is 0 Å². The normalized spacial score (nSPS) is 12.7. The topological polar surface area (TPSA) is 45.2 Å².